The Morgan fingerprint density at radius 1 is 1.45 bits per heavy atom. The maximum atomic E-state index is 12.0. The number of aromatic nitrogens is 3. The van der Waals surface area contributed by atoms with E-state index in [1.54, 1.807) is 17.6 Å². The standard InChI is InChI=1S/C12H10N4O3S/c1-19-12(18)7-5-20-9-2-8(16-10(7)9)11(17)15-6-3-13-14-4-6/h2-5,16H,1H3,(H,13,14)(H,15,17). The van der Waals surface area contributed by atoms with Crippen molar-refractivity contribution in [1.82, 2.24) is 15.2 Å². The van der Waals surface area contributed by atoms with Crippen LogP contribution in [0.3, 0.4) is 0 Å². The van der Waals surface area contributed by atoms with Crippen molar-refractivity contribution < 1.29 is 14.3 Å². The predicted octanol–water partition coefficient (Wildman–Crippen LogP) is 1.99. The zero-order valence-electron chi connectivity index (χ0n) is 10.4. The van der Waals surface area contributed by atoms with Gasteiger partial charge in [0.1, 0.15) is 5.69 Å². The third kappa shape index (κ3) is 2.05. The zero-order chi connectivity index (χ0) is 14.1. The minimum atomic E-state index is -0.431. The van der Waals surface area contributed by atoms with Gasteiger partial charge in [0.25, 0.3) is 5.91 Å². The number of carbonyl (C=O) groups is 2. The smallest absolute Gasteiger partial charge is 0.340 e. The minimum Gasteiger partial charge on any atom is -0.465 e. The normalized spacial score (nSPS) is 10.7. The minimum absolute atomic E-state index is 0.300. The number of rotatable bonds is 3. The number of aromatic amines is 2. The van der Waals surface area contributed by atoms with Crippen LogP contribution in [0.5, 0.6) is 0 Å². The highest BCUT2D eigenvalue weighted by molar-refractivity contribution is 7.17. The first-order valence-corrected chi connectivity index (χ1v) is 6.55. The van der Waals surface area contributed by atoms with Crippen molar-refractivity contribution >= 4 is 39.1 Å². The molecule has 1 amide bonds. The van der Waals surface area contributed by atoms with Gasteiger partial charge < -0.3 is 15.0 Å². The first-order valence-electron chi connectivity index (χ1n) is 5.67. The molecule has 3 aromatic rings. The van der Waals surface area contributed by atoms with Crippen LogP contribution >= 0.6 is 11.3 Å². The van der Waals surface area contributed by atoms with Crippen molar-refractivity contribution in [3.63, 3.8) is 0 Å². The Morgan fingerprint density at radius 2 is 2.30 bits per heavy atom. The molecule has 102 valence electrons. The van der Waals surface area contributed by atoms with E-state index >= 15 is 0 Å². The van der Waals surface area contributed by atoms with Crippen LogP contribution in [-0.2, 0) is 4.74 Å². The van der Waals surface area contributed by atoms with E-state index in [0.29, 0.717) is 22.5 Å². The molecule has 0 radical (unpaired) electrons. The van der Waals surface area contributed by atoms with Crippen molar-refractivity contribution in [2.75, 3.05) is 12.4 Å². The van der Waals surface area contributed by atoms with E-state index in [4.69, 9.17) is 4.74 Å². The summed E-state index contributed by atoms with van der Waals surface area (Å²) in [6.45, 7) is 0. The molecule has 0 spiro atoms. The van der Waals surface area contributed by atoms with Crippen molar-refractivity contribution in [3.05, 3.63) is 35.1 Å². The van der Waals surface area contributed by atoms with E-state index < -0.39 is 5.97 Å². The molecule has 3 aromatic heterocycles. The molecule has 8 heteroatoms. The molecule has 3 heterocycles. The second-order valence-corrected chi connectivity index (χ2v) is 4.92. The van der Waals surface area contributed by atoms with Crippen LogP contribution in [0, 0.1) is 0 Å². The van der Waals surface area contributed by atoms with E-state index in [9.17, 15) is 9.59 Å². The topological polar surface area (TPSA) is 99.9 Å². The highest BCUT2D eigenvalue weighted by Crippen LogP contribution is 2.27. The number of hydrogen-bond acceptors (Lipinski definition) is 5. The molecule has 0 bridgehead atoms. The highest BCUT2D eigenvalue weighted by atomic mass is 32.1. The Labute approximate surface area is 116 Å². The van der Waals surface area contributed by atoms with Crippen molar-refractivity contribution in [2.24, 2.45) is 0 Å². The number of methoxy groups -OCH3 is 1. The number of nitrogens with zero attached hydrogens (tertiary/aromatic N) is 1. The zero-order valence-corrected chi connectivity index (χ0v) is 11.2. The highest BCUT2D eigenvalue weighted by Gasteiger charge is 2.17. The third-order valence-corrected chi connectivity index (χ3v) is 3.69. The Balaban J connectivity index is 1.91. The maximum absolute atomic E-state index is 12.0. The molecule has 0 aromatic carbocycles. The Hall–Kier alpha value is -2.61. The summed E-state index contributed by atoms with van der Waals surface area (Å²) in [6.07, 6.45) is 3.08. The number of carbonyl (C=O) groups excluding carboxylic acids is 2. The SMILES string of the molecule is COC(=O)c1csc2cc(C(=O)Nc3cn[nH]c3)[nH]c12. The van der Waals surface area contributed by atoms with Gasteiger partial charge in [0.15, 0.2) is 0 Å². The summed E-state index contributed by atoms with van der Waals surface area (Å²) >= 11 is 1.37. The van der Waals surface area contributed by atoms with Crippen LogP contribution in [-0.4, -0.2) is 34.2 Å². The quantitative estimate of drug-likeness (QED) is 0.642. The summed E-state index contributed by atoms with van der Waals surface area (Å²) in [7, 11) is 1.32. The number of nitrogens with one attached hydrogen (secondary N) is 3. The van der Waals surface area contributed by atoms with Crippen LogP contribution in [0.1, 0.15) is 20.8 Å². The molecule has 0 fully saturated rings. The van der Waals surface area contributed by atoms with Gasteiger partial charge in [0.05, 0.1) is 34.8 Å². The first-order chi connectivity index (χ1) is 9.69. The molecule has 0 saturated heterocycles. The van der Waals surface area contributed by atoms with Crippen LogP contribution in [0.4, 0.5) is 5.69 Å². The van der Waals surface area contributed by atoms with Gasteiger partial charge in [-0.2, -0.15) is 5.10 Å². The lowest BCUT2D eigenvalue weighted by molar-refractivity contribution is 0.0603. The summed E-state index contributed by atoms with van der Waals surface area (Å²) in [6, 6.07) is 1.70. The second-order valence-electron chi connectivity index (χ2n) is 4.00. The number of fused-ring (bicyclic) bond motifs is 1. The van der Waals surface area contributed by atoms with Crippen LogP contribution in [0.25, 0.3) is 10.2 Å². The van der Waals surface area contributed by atoms with Crippen LogP contribution < -0.4 is 5.32 Å². The molecule has 0 unspecified atom stereocenters. The van der Waals surface area contributed by atoms with Crippen LogP contribution in [0.2, 0.25) is 0 Å². The summed E-state index contributed by atoms with van der Waals surface area (Å²) in [5, 5.41) is 10.7. The predicted molar refractivity (Wildman–Crippen MR) is 74.1 cm³/mol. The number of ether oxygens (including phenoxy) is 1. The Kier molecular flexibility index (Phi) is 2.99. The molecule has 0 aliphatic heterocycles. The fourth-order valence-electron chi connectivity index (χ4n) is 1.81. The number of anilines is 1. The molecule has 7 nitrogen and oxygen atoms in total. The lowest BCUT2D eigenvalue weighted by atomic mass is 10.3. The van der Waals surface area contributed by atoms with Crippen molar-refractivity contribution in [1.29, 1.82) is 0 Å². The lowest BCUT2D eigenvalue weighted by Crippen LogP contribution is -2.11. The van der Waals surface area contributed by atoms with E-state index in [1.165, 1.54) is 24.6 Å². The van der Waals surface area contributed by atoms with E-state index in [1.807, 2.05) is 0 Å². The summed E-state index contributed by atoms with van der Waals surface area (Å²) in [4.78, 5) is 26.5. The summed E-state index contributed by atoms with van der Waals surface area (Å²) in [5.41, 5.74) is 1.98. The number of esters is 1. The average molecular weight is 290 g/mol. The maximum Gasteiger partial charge on any atom is 0.340 e. The molecule has 0 aliphatic rings. The molecular weight excluding hydrogens is 280 g/mol. The van der Waals surface area contributed by atoms with Gasteiger partial charge in [0, 0.05) is 11.6 Å². The monoisotopic (exact) mass is 290 g/mol. The van der Waals surface area contributed by atoms with Gasteiger partial charge >= 0.3 is 5.97 Å². The van der Waals surface area contributed by atoms with Gasteiger partial charge in [-0.3, -0.25) is 9.89 Å². The summed E-state index contributed by atoms with van der Waals surface area (Å²) < 4.78 is 5.51. The van der Waals surface area contributed by atoms with Gasteiger partial charge in [-0.15, -0.1) is 11.3 Å². The fourth-order valence-corrected chi connectivity index (χ4v) is 2.73. The van der Waals surface area contributed by atoms with E-state index in [2.05, 4.69) is 20.5 Å². The molecule has 3 rings (SSSR count). The van der Waals surface area contributed by atoms with Crippen LogP contribution in [0.15, 0.2) is 23.8 Å². The second kappa shape index (κ2) is 4.82. The van der Waals surface area contributed by atoms with E-state index in [0.717, 1.165) is 4.70 Å². The molecule has 0 saturated carbocycles. The molecular formula is C12H10N4O3S. The lowest BCUT2D eigenvalue weighted by Gasteiger charge is -1.99. The fraction of sp³-hybridized carbons (Fsp3) is 0.0833. The van der Waals surface area contributed by atoms with E-state index in [-0.39, 0.29) is 5.91 Å². The number of hydrogen-bond donors (Lipinski definition) is 3. The Morgan fingerprint density at radius 3 is 3.00 bits per heavy atom. The van der Waals surface area contributed by atoms with Crippen molar-refractivity contribution in [2.45, 2.75) is 0 Å². The number of thiophene rings is 1. The largest absolute Gasteiger partial charge is 0.465 e. The molecule has 3 N–H and O–H groups in total. The average Bonchev–Trinajstić information content (AvgIpc) is 3.13. The molecule has 20 heavy (non-hydrogen) atoms. The van der Waals surface area contributed by atoms with Gasteiger partial charge in [-0.25, -0.2) is 4.79 Å². The first kappa shape index (κ1) is 12.4. The van der Waals surface area contributed by atoms with Gasteiger partial charge in [-0.1, -0.05) is 0 Å². The van der Waals surface area contributed by atoms with Gasteiger partial charge in [0.2, 0.25) is 0 Å². The number of H-pyrrole nitrogens is 2. The third-order valence-electron chi connectivity index (χ3n) is 2.76. The molecule has 0 atom stereocenters. The molecule has 0 aliphatic carbocycles. The van der Waals surface area contributed by atoms with Crippen molar-refractivity contribution in [3.8, 4) is 0 Å². The summed E-state index contributed by atoms with van der Waals surface area (Å²) in [5.74, 6) is -0.731. The Bertz CT molecular complexity index is 772. The number of amides is 1. The van der Waals surface area contributed by atoms with Gasteiger partial charge in [-0.05, 0) is 6.07 Å².